The van der Waals surface area contributed by atoms with Gasteiger partial charge in [0.1, 0.15) is 11.6 Å². The van der Waals surface area contributed by atoms with Crippen LogP contribution in [0.5, 0.6) is 0 Å². The van der Waals surface area contributed by atoms with E-state index in [1.807, 2.05) is 24.3 Å². The zero-order valence-corrected chi connectivity index (χ0v) is 20.4. The second-order valence-corrected chi connectivity index (χ2v) is 9.58. The molecule has 2 aromatic carbocycles. The molecule has 0 aliphatic heterocycles. The van der Waals surface area contributed by atoms with Gasteiger partial charge in [-0.2, -0.15) is 13.2 Å². The van der Waals surface area contributed by atoms with E-state index in [0.29, 0.717) is 6.04 Å². The maximum absolute atomic E-state index is 10.6. The van der Waals surface area contributed by atoms with Crippen molar-refractivity contribution in [2.45, 2.75) is 44.0 Å². The number of aliphatic hydroxyl groups excluding tert-OH is 1. The maximum Gasteiger partial charge on any atom is 0.490 e. The quantitative estimate of drug-likeness (QED) is 0.235. The molecule has 194 valence electrons. The molecule has 4 aromatic rings. The summed E-state index contributed by atoms with van der Waals surface area (Å²) in [6.07, 6.45) is -1.58. The lowest BCUT2D eigenvalue weighted by molar-refractivity contribution is -0.192. The average molecular weight is 531 g/mol. The van der Waals surface area contributed by atoms with Crippen LogP contribution < -0.4 is 10.6 Å². The van der Waals surface area contributed by atoms with Gasteiger partial charge in [0.25, 0.3) is 0 Å². The van der Waals surface area contributed by atoms with Crippen LogP contribution in [0.1, 0.15) is 25.7 Å². The summed E-state index contributed by atoms with van der Waals surface area (Å²) in [7, 11) is 0. The first-order valence-corrected chi connectivity index (χ1v) is 12.4. The third-order valence-corrected chi connectivity index (χ3v) is 6.70. The van der Waals surface area contributed by atoms with Gasteiger partial charge >= 0.3 is 12.1 Å². The van der Waals surface area contributed by atoms with Gasteiger partial charge in [-0.3, -0.25) is 0 Å². The first-order valence-electron chi connectivity index (χ1n) is 11.6. The number of carboxylic acid groups (broad SMARTS) is 1. The molecule has 0 unspecified atom stereocenters. The van der Waals surface area contributed by atoms with E-state index in [0.717, 1.165) is 52.7 Å². The summed E-state index contributed by atoms with van der Waals surface area (Å²) >= 11 is 1.63. The van der Waals surface area contributed by atoms with Crippen molar-refractivity contribution < 1.29 is 28.2 Å². The Hall–Kier alpha value is -3.70. The molecular weight excluding hydrogens is 505 g/mol. The van der Waals surface area contributed by atoms with Crippen molar-refractivity contribution >= 4 is 44.3 Å². The summed E-state index contributed by atoms with van der Waals surface area (Å²) in [5, 5.41) is 24.5. The second kappa shape index (κ2) is 11.6. The molecule has 5 rings (SSSR count). The Kier molecular flexibility index (Phi) is 8.24. The number of fused-ring (bicyclic) bond motifs is 1. The number of halogens is 3. The van der Waals surface area contributed by atoms with Crippen molar-refractivity contribution in [3.63, 3.8) is 0 Å². The summed E-state index contributed by atoms with van der Waals surface area (Å²) in [5.74, 6) is -1.13. The number of carboxylic acids is 1. The number of aromatic nitrogens is 2. The van der Waals surface area contributed by atoms with Crippen LogP contribution in [0, 0.1) is 0 Å². The Balaban J connectivity index is 0.000000405. The van der Waals surface area contributed by atoms with E-state index in [-0.39, 0.29) is 6.10 Å². The standard InChI is InChI=1S/C24H24N4OS.C2HF3O2/c29-19-12-10-18(11-13-19)25-22-7-4-8-23(27-22)28-24-26-20-14-9-17(15-21(20)30-24)16-5-2-1-3-6-16;3-2(4,5)1(6)7/h1-9,14-15,18-19,29H,10-13H2,(H2,25,26,27,28);(H,6,7)/t18-,19-;. The molecule has 7 nitrogen and oxygen atoms in total. The number of anilines is 3. The van der Waals surface area contributed by atoms with E-state index in [4.69, 9.17) is 19.9 Å². The van der Waals surface area contributed by atoms with Crippen LogP contribution in [0.4, 0.5) is 29.9 Å². The largest absolute Gasteiger partial charge is 0.490 e. The highest BCUT2D eigenvalue weighted by atomic mass is 32.1. The number of thiazole rings is 1. The molecule has 37 heavy (non-hydrogen) atoms. The fourth-order valence-electron chi connectivity index (χ4n) is 3.91. The number of carbonyl (C=O) groups is 1. The summed E-state index contributed by atoms with van der Waals surface area (Å²) < 4.78 is 32.9. The van der Waals surface area contributed by atoms with Crippen molar-refractivity contribution in [2.24, 2.45) is 0 Å². The van der Waals surface area contributed by atoms with E-state index in [9.17, 15) is 18.3 Å². The van der Waals surface area contributed by atoms with Crippen LogP contribution in [-0.4, -0.2) is 44.5 Å². The first-order chi connectivity index (χ1) is 17.7. The van der Waals surface area contributed by atoms with Crippen molar-refractivity contribution in [2.75, 3.05) is 10.6 Å². The highest BCUT2D eigenvalue weighted by Crippen LogP contribution is 2.32. The van der Waals surface area contributed by atoms with Crippen molar-refractivity contribution in [3.05, 3.63) is 66.7 Å². The van der Waals surface area contributed by atoms with E-state index in [2.05, 4.69) is 53.1 Å². The molecule has 0 atom stereocenters. The molecule has 1 saturated carbocycles. The van der Waals surface area contributed by atoms with Crippen LogP contribution in [-0.2, 0) is 4.79 Å². The normalized spacial score (nSPS) is 17.5. The van der Waals surface area contributed by atoms with Crippen LogP contribution in [0.15, 0.2) is 66.7 Å². The van der Waals surface area contributed by atoms with Crippen LogP contribution in [0.3, 0.4) is 0 Å². The molecule has 2 aromatic heterocycles. The molecule has 4 N–H and O–H groups in total. The molecule has 1 fully saturated rings. The minimum absolute atomic E-state index is 0.148. The van der Waals surface area contributed by atoms with Gasteiger partial charge in [-0.15, -0.1) is 0 Å². The van der Waals surface area contributed by atoms with E-state index in [1.165, 1.54) is 11.1 Å². The molecule has 0 spiro atoms. The third-order valence-electron chi connectivity index (χ3n) is 5.77. The summed E-state index contributed by atoms with van der Waals surface area (Å²) in [6, 6.07) is 23.1. The predicted octanol–water partition coefficient (Wildman–Crippen LogP) is 6.45. The number of pyridine rings is 1. The van der Waals surface area contributed by atoms with E-state index in [1.54, 1.807) is 11.3 Å². The number of benzene rings is 2. The molecule has 0 bridgehead atoms. The van der Waals surface area contributed by atoms with Crippen LogP contribution in [0.2, 0.25) is 0 Å². The topological polar surface area (TPSA) is 107 Å². The number of hydrogen-bond donors (Lipinski definition) is 4. The minimum Gasteiger partial charge on any atom is -0.475 e. The molecule has 2 heterocycles. The number of aliphatic carboxylic acids is 1. The van der Waals surface area contributed by atoms with Gasteiger partial charge in [-0.25, -0.2) is 14.8 Å². The van der Waals surface area contributed by atoms with Crippen molar-refractivity contribution in [3.8, 4) is 11.1 Å². The number of nitrogens with one attached hydrogen (secondary N) is 2. The van der Waals surface area contributed by atoms with Gasteiger partial charge in [0, 0.05) is 6.04 Å². The van der Waals surface area contributed by atoms with E-state index < -0.39 is 12.1 Å². The lowest BCUT2D eigenvalue weighted by Crippen LogP contribution is -2.28. The van der Waals surface area contributed by atoms with Crippen LogP contribution >= 0.6 is 11.3 Å². The van der Waals surface area contributed by atoms with Gasteiger partial charge < -0.3 is 20.8 Å². The molecule has 1 aliphatic carbocycles. The highest BCUT2D eigenvalue weighted by molar-refractivity contribution is 7.22. The zero-order valence-electron chi connectivity index (χ0n) is 19.6. The van der Waals surface area contributed by atoms with Crippen molar-refractivity contribution in [1.82, 2.24) is 9.97 Å². The number of rotatable bonds is 5. The smallest absolute Gasteiger partial charge is 0.475 e. The molecule has 0 saturated heterocycles. The van der Waals surface area contributed by atoms with Crippen LogP contribution in [0.25, 0.3) is 21.3 Å². The summed E-state index contributed by atoms with van der Waals surface area (Å²) in [6.45, 7) is 0. The minimum atomic E-state index is -5.08. The van der Waals surface area contributed by atoms with Gasteiger partial charge in [0.2, 0.25) is 0 Å². The fraction of sp³-hybridized carbons (Fsp3) is 0.269. The Labute approximate surface area is 215 Å². The zero-order chi connectivity index (χ0) is 26.4. The van der Waals surface area contributed by atoms with Gasteiger partial charge in [-0.1, -0.05) is 53.8 Å². The number of nitrogens with zero attached hydrogens (tertiary/aromatic N) is 2. The number of hydrogen-bond acceptors (Lipinski definition) is 7. The van der Waals surface area contributed by atoms with E-state index >= 15 is 0 Å². The van der Waals surface area contributed by atoms with Gasteiger partial charge in [-0.05, 0) is 61.1 Å². The monoisotopic (exact) mass is 530 g/mol. The molecule has 11 heteroatoms. The highest BCUT2D eigenvalue weighted by Gasteiger charge is 2.38. The number of aliphatic hydroxyl groups is 1. The molecular formula is C26H25F3N4O3S. The van der Waals surface area contributed by atoms with Gasteiger partial charge in [0.05, 0.1) is 16.3 Å². The maximum atomic E-state index is 10.6. The lowest BCUT2D eigenvalue weighted by Gasteiger charge is -2.26. The molecule has 0 amide bonds. The first kappa shape index (κ1) is 26.4. The summed E-state index contributed by atoms with van der Waals surface area (Å²) in [5.41, 5.74) is 3.38. The third kappa shape index (κ3) is 7.40. The molecule has 0 radical (unpaired) electrons. The Morgan fingerprint density at radius 2 is 1.57 bits per heavy atom. The Bertz CT molecular complexity index is 1340. The SMILES string of the molecule is O=C(O)C(F)(F)F.O[C@H]1CC[C@H](Nc2cccc(Nc3nc4ccc(-c5ccccc5)cc4s3)n2)CC1. The predicted molar refractivity (Wildman–Crippen MR) is 138 cm³/mol. The summed E-state index contributed by atoms with van der Waals surface area (Å²) in [4.78, 5) is 18.3. The average Bonchev–Trinajstić information content (AvgIpc) is 3.27. The number of alkyl halides is 3. The fourth-order valence-corrected chi connectivity index (χ4v) is 4.82. The lowest BCUT2D eigenvalue weighted by atomic mass is 9.93. The molecule has 1 aliphatic rings. The van der Waals surface area contributed by atoms with Crippen molar-refractivity contribution in [1.29, 1.82) is 0 Å². The Morgan fingerprint density at radius 1 is 0.892 bits per heavy atom. The van der Waals surface area contributed by atoms with Gasteiger partial charge in [0.15, 0.2) is 5.13 Å². The second-order valence-electron chi connectivity index (χ2n) is 8.55. The Morgan fingerprint density at radius 3 is 2.24 bits per heavy atom.